The van der Waals surface area contributed by atoms with Gasteiger partial charge in [-0.15, -0.1) is 0 Å². The van der Waals surface area contributed by atoms with E-state index in [2.05, 4.69) is 43.0 Å². The zero-order valence-electron chi connectivity index (χ0n) is 9.87. The van der Waals surface area contributed by atoms with Crippen LogP contribution >= 0.6 is 0 Å². The van der Waals surface area contributed by atoms with Crippen molar-refractivity contribution in [1.82, 2.24) is 4.90 Å². The van der Waals surface area contributed by atoms with Crippen molar-refractivity contribution >= 4 is 0 Å². The van der Waals surface area contributed by atoms with Gasteiger partial charge in [0.15, 0.2) is 0 Å². The first kappa shape index (κ1) is 10.7. The van der Waals surface area contributed by atoms with Crippen LogP contribution in [0.3, 0.4) is 0 Å². The fraction of sp³-hybridized carbons (Fsp3) is 0.571. The maximum atomic E-state index is 2.59. The van der Waals surface area contributed by atoms with Crippen LogP contribution in [-0.2, 0) is 0 Å². The molecular weight excluding hydrogens is 182 g/mol. The summed E-state index contributed by atoms with van der Waals surface area (Å²) in [5, 5.41) is 0. The van der Waals surface area contributed by atoms with Crippen molar-refractivity contribution in [2.24, 2.45) is 0 Å². The molecule has 2 rings (SSSR count). The van der Waals surface area contributed by atoms with Crippen LogP contribution in [-0.4, -0.2) is 24.5 Å². The summed E-state index contributed by atoms with van der Waals surface area (Å²) in [6.07, 6.45) is 2.78. The second-order valence-corrected chi connectivity index (χ2v) is 4.77. The van der Waals surface area contributed by atoms with Gasteiger partial charge in [-0.2, -0.15) is 0 Å². The Morgan fingerprint density at radius 2 is 1.87 bits per heavy atom. The largest absolute Gasteiger partial charge is 0.303 e. The Kier molecular flexibility index (Phi) is 3.42. The third-order valence-electron chi connectivity index (χ3n) is 3.45. The van der Waals surface area contributed by atoms with Crippen LogP contribution in [0.1, 0.15) is 36.8 Å². The van der Waals surface area contributed by atoms with Crippen LogP contribution in [0.25, 0.3) is 0 Å². The fourth-order valence-corrected chi connectivity index (χ4v) is 2.59. The van der Waals surface area contributed by atoms with Crippen molar-refractivity contribution in [2.75, 3.05) is 19.6 Å². The van der Waals surface area contributed by atoms with Gasteiger partial charge in [0.05, 0.1) is 0 Å². The molecule has 0 spiro atoms. The summed E-state index contributed by atoms with van der Waals surface area (Å²) in [6.45, 7) is 8.40. The van der Waals surface area contributed by atoms with Crippen molar-refractivity contribution in [1.29, 1.82) is 0 Å². The Morgan fingerprint density at radius 1 is 1.20 bits per heavy atom. The van der Waals surface area contributed by atoms with Gasteiger partial charge in [-0.3, -0.25) is 0 Å². The number of aryl methyl sites for hydroxylation is 1. The molecule has 1 heteroatoms. The van der Waals surface area contributed by atoms with Crippen LogP contribution in [0.4, 0.5) is 0 Å². The summed E-state index contributed by atoms with van der Waals surface area (Å²) in [4.78, 5) is 2.59. The Hall–Kier alpha value is -0.820. The molecule has 1 saturated heterocycles. The van der Waals surface area contributed by atoms with Crippen molar-refractivity contribution in [3.05, 3.63) is 35.4 Å². The molecular formula is C14H21N. The molecule has 1 aromatic carbocycles. The molecule has 1 aliphatic heterocycles. The predicted molar refractivity (Wildman–Crippen MR) is 65.3 cm³/mol. The molecule has 0 N–H and O–H groups in total. The van der Waals surface area contributed by atoms with E-state index in [9.17, 15) is 0 Å². The Labute approximate surface area is 93.1 Å². The smallest absolute Gasteiger partial charge is 0.00477 e. The lowest BCUT2D eigenvalue weighted by Crippen LogP contribution is -2.24. The van der Waals surface area contributed by atoms with Gasteiger partial charge in [0.25, 0.3) is 0 Å². The number of likely N-dealkylation sites (tertiary alicyclic amines) is 1. The molecule has 1 fully saturated rings. The van der Waals surface area contributed by atoms with E-state index in [4.69, 9.17) is 0 Å². The highest BCUT2D eigenvalue weighted by molar-refractivity contribution is 5.28. The number of rotatable bonds is 3. The van der Waals surface area contributed by atoms with Crippen LogP contribution in [0, 0.1) is 6.92 Å². The lowest BCUT2D eigenvalue weighted by molar-refractivity contribution is 0.320. The second kappa shape index (κ2) is 4.80. The zero-order valence-corrected chi connectivity index (χ0v) is 9.87. The summed E-state index contributed by atoms with van der Waals surface area (Å²) in [5.74, 6) is 0.671. The van der Waals surface area contributed by atoms with Crippen LogP contribution in [0.2, 0.25) is 0 Å². The molecule has 1 nitrogen and oxygen atoms in total. The summed E-state index contributed by atoms with van der Waals surface area (Å²) < 4.78 is 0. The molecule has 1 aliphatic rings. The average Bonchev–Trinajstić information content (AvgIpc) is 2.71. The summed E-state index contributed by atoms with van der Waals surface area (Å²) in [7, 11) is 0. The Balaban J connectivity index is 2.00. The highest BCUT2D eigenvalue weighted by atomic mass is 15.1. The molecule has 1 aromatic rings. The van der Waals surface area contributed by atoms with E-state index >= 15 is 0 Å². The minimum absolute atomic E-state index is 0.671. The number of hydrogen-bond acceptors (Lipinski definition) is 1. The monoisotopic (exact) mass is 203 g/mol. The van der Waals surface area contributed by atoms with Gasteiger partial charge in [0, 0.05) is 6.54 Å². The van der Waals surface area contributed by atoms with Crippen molar-refractivity contribution in [2.45, 2.75) is 32.6 Å². The van der Waals surface area contributed by atoms with E-state index in [1.165, 1.54) is 43.6 Å². The molecule has 0 aromatic heterocycles. The first-order valence-corrected chi connectivity index (χ1v) is 6.05. The number of hydrogen-bond donors (Lipinski definition) is 0. The highest BCUT2D eigenvalue weighted by Gasteiger charge is 2.16. The molecule has 0 radical (unpaired) electrons. The maximum Gasteiger partial charge on any atom is 0.00477 e. The van der Waals surface area contributed by atoms with E-state index in [1.54, 1.807) is 0 Å². The quantitative estimate of drug-likeness (QED) is 0.729. The molecule has 15 heavy (non-hydrogen) atoms. The van der Waals surface area contributed by atoms with Crippen LogP contribution in [0.5, 0.6) is 0 Å². The van der Waals surface area contributed by atoms with Crippen molar-refractivity contribution in [3.63, 3.8) is 0 Å². The van der Waals surface area contributed by atoms with Gasteiger partial charge in [-0.1, -0.05) is 31.2 Å². The Bertz CT molecular complexity index is 313. The minimum Gasteiger partial charge on any atom is -0.303 e. The molecule has 82 valence electrons. The molecule has 1 unspecified atom stereocenters. The third-order valence-corrected chi connectivity index (χ3v) is 3.45. The van der Waals surface area contributed by atoms with Gasteiger partial charge >= 0.3 is 0 Å². The number of nitrogens with zero attached hydrogens (tertiary/aromatic N) is 1. The van der Waals surface area contributed by atoms with Gasteiger partial charge < -0.3 is 4.90 Å². The first-order chi connectivity index (χ1) is 7.27. The van der Waals surface area contributed by atoms with Gasteiger partial charge in [-0.25, -0.2) is 0 Å². The van der Waals surface area contributed by atoms with Gasteiger partial charge in [0.1, 0.15) is 0 Å². The molecule has 0 saturated carbocycles. The summed E-state index contributed by atoms with van der Waals surface area (Å²) in [5.41, 5.74) is 2.95. The molecule has 0 amide bonds. The highest BCUT2D eigenvalue weighted by Crippen LogP contribution is 2.21. The summed E-state index contributed by atoms with van der Waals surface area (Å²) in [6, 6.07) is 8.77. The van der Waals surface area contributed by atoms with Gasteiger partial charge in [-0.05, 0) is 49.9 Å². The SMILES string of the molecule is Cc1ccccc1C(C)CN1CCCC1. The molecule has 1 heterocycles. The zero-order chi connectivity index (χ0) is 10.7. The maximum absolute atomic E-state index is 2.59. The van der Waals surface area contributed by atoms with Crippen molar-refractivity contribution < 1.29 is 0 Å². The van der Waals surface area contributed by atoms with E-state index in [1.807, 2.05) is 0 Å². The van der Waals surface area contributed by atoms with Crippen LogP contribution in [0.15, 0.2) is 24.3 Å². The topological polar surface area (TPSA) is 3.24 Å². The fourth-order valence-electron chi connectivity index (χ4n) is 2.59. The normalized spacial score (nSPS) is 19.3. The van der Waals surface area contributed by atoms with E-state index in [0.29, 0.717) is 5.92 Å². The lowest BCUT2D eigenvalue weighted by Gasteiger charge is -2.21. The minimum atomic E-state index is 0.671. The molecule has 1 atom stereocenters. The van der Waals surface area contributed by atoms with Crippen molar-refractivity contribution in [3.8, 4) is 0 Å². The summed E-state index contributed by atoms with van der Waals surface area (Å²) >= 11 is 0. The molecule has 0 bridgehead atoms. The van der Waals surface area contributed by atoms with Crippen LogP contribution < -0.4 is 0 Å². The standard InChI is InChI=1S/C14H21N/c1-12-7-3-4-8-14(12)13(2)11-15-9-5-6-10-15/h3-4,7-8,13H,5-6,9-11H2,1-2H3. The number of benzene rings is 1. The van der Waals surface area contributed by atoms with E-state index in [0.717, 1.165) is 0 Å². The second-order valence-electron chi connectivity index (χ2n) is 4.77. The van der Waals surface area contributed by atoms with E-state index < -0.39 is 0 Å². The molecule has 0 aliphatic carbocycles. The Morgan fingerprint density at radius 3 is 2.53 bits per heavy atom. The van der Waals surface area contributed by atoms with Gasteiger partial charge in [0.2, 0.25) is 0 Å². The predicted octanol–water partition coefficient (Wildman–Crippen LogP) is 3.19. The third kappa shape index (κ3) is 2.60. The average molecular weight is 203 g/mol. The van der Waals surface area contributed by atoms with E-state index in [-0.39, 0.29) is 0 Å². The first-order valence-electron chi connectivity index (χ1n) is 6.05. The lowest BCUT2D eigenvalue weighted by atomic mass is 9.96.